The zero-order valence-electron chi connectivity index (χ0n) is 12.0. The number of nitrogens with zero attached hydrogens (tertiary/aromatic N) is 1. The molecule has 1 aromatic carbocycles. The van der Waals surface area contributed by atoms with Gasteiger partial charge in [-0.25, -0.2) is 9.59 Å². The minimum atomic E-state index is -0.508. The van der Waals surface area contributed by atoms with E-state index in [1.165, 1.54) is 18.4 Å². The molecule has 1 fully saturated rings. The highest BCUT2D eigenvalue weighted by atomic mass is 32.1. The van der Waals surface area contributed by atoms with Crippen molar-refractivity contribution in [2.24, 2.45) is 0 Å². The van der Waals surface area contributed by atoms with Gasteiger partial charge in [0.25, 0.3) is 0 Å². The lowest BCUT2D eigenvalue weighted by Crippen LogP contribution is -2.42. The molecule has 0 saturated carbocycles. The Balaban J connectivity index is 1.94. The normalized spacial score (nSPS) is 14.9. The number of carbonyl (C=O) groups excluding carboxylic acids is 2. The van der Waals surface area contributed by atoms with E-state index >= 15 is 0 Å². The number of morpholine rings is 1. The molecule has 0 N–H and O–H groups in total. The molecular weight excluding hydrogens is 306 g/mol. The highest BCUT2D eigenvalue weighted by molar-refractivity contribution is 7.21. The smallest absolute Gasteiger partial charge is 0.415 e. The molecular formula is C15H15NO5S. The van der Waals surface area contributed by atoms with Crippen LogP contribution in [0.15, 0.2) is 24.3 Å². The van der Waals surface area contributed by atoms with Gasteiger partial charge in [-0.1, -0.05) is 12.1 Å². The molecule has 3 rings (SSSR count). The molecule has 0 bridgehead atoms. The first-order valence-corrected chi connectivity index (χ1v) is 7.66. The van der Waals surface area contributed by atoms with Crippen LogP contribution in [0.5, 0.6) is 5.75 Å². The zero-order valence-corrected chi connectivity index (χ0v) is 12.9. The SMILES string of the molecule is COC(=O)c1sc2ccccc2c1OC(=O)N1CCOCC1. The van der Waals surface area contributed by atoms with Crippen molar-refractivity contribution in [2.45, 2.75) is 0 Å². The summed E-state index contributed by atoms with van der Waals surface area (Å²) in [4.78, 5) is 26.1. The number of hydrogen-bond acceptors (Lipinski definition) is 6. The Morgan fingerprint density at radius 3 is 2.68 bits per heavy atom. The average molecular weight is 321 g/mol. The summed E-state index contributed by atoms with van der Waals surface area (Å²) in [5.74, 6) is -0.241. The minimum Gasteiger partial charge on any atom is -0.465 e. The van der Waals surface area contributed by atoms with Gasteiger partial charge in [0.05, 0.1) is 20.3 Å². The van der Waals surface area contributed by atoms with Crippen LogP contribution >= 0.6 is 11.3 Å². The van der Waals surface area contributed by atoms with Crippen molar-refractivity contribution in [3.63, 3.8) is 0 Å². The standard InChI is InChI=1S/C15H15NO5S/c1-19-14(17)13-12(10-4-2-3-5-11(10)22-13)21-15(18)16-6-8-20-9-7-16/h2-5H,6-9H2,1H3. The second kappa shape index (κ2) is 6.33. The highest BCUT2D eigenvalue weighted by Gasteiger charge is 2.25. The van der Waals surface area contributed by atoms with Crippen LogP contribution in [-0.2, 0) is 9.47 Å². The number of hydrogen-bond donors (Lipinski definition) is 0. The molecule has 7 heteroatoms. The van der Waals surface area contributed by atoms with Crippen LogP contribution in [0, 0.1) is 0 Å². The third kappa shape index (κ3) is 2.77. The van der Waals surface area contributed by atoms with Gasteiger partial charge < -0.3 is 19.1 Å². The molecule has 2 heterocycles. The van der Waals surface area contributed by atoms with E-state index in [0.29, 0.717) is 31.2 Å². The summed E-state index contributed by atoms with van der Waals surface area (Å²) < 4.78 is 16.4. The molecule has 1 amide bonds. The first-order chi connectivity index (χ1) is 10.7. The summed E-state index contributed by atoms with van der Waals surface area (Å²) in [6.07, 6.45) is -0.475. The molecule has 6 nitrogen and oxygen atoms in total. The number of ether oxygens (including phenoxy) is 3. The molecule has 1 saturated heterocycles. The van der Waals surface area contributed by atoms with E-state index < -0.39 is 12.1 Å². The van der Waals surface area contributed by atoms with Gasteiger partial charge in [0.1, 0.15) is 0 Å². The van der Waals surface area contributed by atoms with Gasteiger partial charge in [-0.3, -0.25) is 0 Å². The van der Waals surface area contributed by atoms with Gasteiger partial charge >= 0.3 is 12.1 Å². The topological polar surface area (TPSA) is 65.1 Å². The highest BCUT2D eigenvalue weighted by Crippen LogP contribution is 2.38. The van der Waals surface area contributed by atoms with Gasteiger partial charge in [0.15, 0.2) is 10.6 Å². The predicted molar refractivity (Wildman–Crippen MR) is 81.6 cm³/mol. The van der Waals surface area contributed by atoms with Crippen molar-refractivity contribution in [2.75, 3.05) is 33.4 Å². The number of fused-ring (bicyclic) bond motifs is 1. The molecule has 0 spiro atoms. The predicted octanol–water partition coefficient (Wildman–Crippen LogP) is 2.52. The Morgan fingerprint density at radius 2 is 1.95 bits per heavy atom. The van der Waals surface area contributed by atoms with Gasteiger partial charge in [0.2, 0.25) is 0 Å². The van der Waals surface area contributed by atoms with Gasteiger partial charge in [0, 0.05) is 23.2 Å². The molecule has 1 aliphatic rings. The third-order valence-corrected chi connectivity index (χ3v) is 4.51. The van der Waals surface area contributed by atoms with Crippen LogP contribution in [0.2, 0.25) is 0 Å². The Bertz CT molecular complexity index is 705. The van der Waals surface area contributed by atoms with E-state index in [-0.39, 0.29) is 5.75 Å². The molecule has 2 aromatic rings. The van der Waals surface area contributed by atoms with E-state index in [1.54, 1.807) is 4.90 Å². The largest absolute Gasteiger partial charge is 0.465 e. The number of amides is 1. The molecule has 116 valence electrons. The number of methoxy groups -OCH3 is 1. The monoisotopic (exact) mass is 321 g/mol. The van der Waals surface area contributed by atoms with E-state index in [2.05, 4.69) is 0 Å². The molecule has 1 aliphatic heterocycles. The summed E-state index contributed by atoms with van der Waals surface area (Å²) >= 11 is 1.25. The van der Waals surface area contributed by atoms with E-state index in [0.717, 1.165) is 10.1 Å². The lowest BCUT2D eigenvalue weighted by Gasteiger charge is -2.25. The lowest BCUT2D eigenvalue weighted by atomic mass is 10.2. The molecule has 0 radical (unpaired) electrons. The van der Waals surface area contributed by atoms with E-state index in [4.69, 9.17) is 14.2 Å². The van der Waals surface area contributed by atoms with Gasteiger partial charge in [-0.2, -0.15) is 0 Å². The Morgan fingerprint density at radius 1 is 1.23 bits per heavy atom. The lowest BCUT2D eigenvalue weighted by molar-refractivity contribution is 0.0414. The minimum absolute atomic E-state index is 0.268. The summed E-state index contributed by atoms with van der Waals surface area (Å²) in [6, 6.07) is 7.40. The number of benzene rings is 1. The Hall–Kier alpha value is -2.12. The summed E-state index contributed by atoms with van der Waals surface area (Å²) in [7, 11) is 1.31. The number of esters is 1. The van der Waals surface area contributed by atoms with Crippen molar-refractivity contribution in [1.82, 2.24) is 4.90 Å². The second-order valence-corrected chi connectivity index (χ2v) is 5.77. The van der Waals surface area contributed by atoms with Gasteiger partial charge in [-0.15, -0.1) is 11.3 Å². The van der Waals surface area contributed by atoms with Crippen molar-refractivity contribution < 1.29 is 23.8 Å². The second-order valence-electron chi connectivity index (χ2n) is 4.72. The summed E-state index contributed by atoms with van der Waals surface area (Å²) in [6.45, 7) is 1.94. The average Bonchev–Trinajstić information content (AvgIpc) is 2.93. The molecule has 0 aliphatic carbocycles. The van der Waals surface area contributed by atoms with E-state index in [1.807, 2.05) is 24.3 Å². The summed E-state index contributed by atoms with van der Waals surface area (Å²) in [5, 5.41) is 0.731. The van der Waals surface area contributed by atoms with Crippen molar-refractivity contribution in [3.8, 4) is 5.75 Å². The van der Waals surface area contributed by atoms with Crippen LogP contribution in [-0.4, -0.2) is 50.4 Å². The van der Waals surface area contributed by atoms with Gasteiger partial charge in [-0.05, 0) is 12.1 Å². The van der Waals surface area contributed by atoms with E-state index in [9.17, 15) is 9.59 Å². The van der Waals surface area contributed by atoms with Crippen LogP contribution < -0.4 is 4.74 Å². The molecule has 22 heavy (non-hydrogen) atoms. The fraction of sp³-hybridized carbons (Fsp3) is 0.333. The molecule has 0 atom stereocenters. The van der Waals surface area contributed by atoms with Crippen molar-refractivity contribution in [3.05, 3.63) is 29.1 Å². The number of thiophene rings is 1. The number of carbonyl (C=O) groups is 2. The Labute approximate surface area is 131 Å². The molecule has 1 aromatic heterocycles. The number of rotatable bonds is 2. The van der Waals surface area contributed by atoms with Crippen molar-refractivity contribution in [1.29, 1.82) is 0 Å². The quantitative estimate of drug-likeness (QED) is 0.795. The first-order valence-electron chi connectivity index (χ1n) is 6.85. The van der Waals surface area contributed by atoms with Crippen LogP contribution in [0.3, 0.4) is 0 Å². The molecule has 0 unspecified atom stereocenters. The maximum atomic E-state index is 12.3. The maximum absolute atomic E-state index is 12.3. The fourth-order valence-electron chi connectivity index (χ4n) is 2.25. The zero-order chi connectivity index (χ0) is 15.5. The van der Waals surface area contributed by atoms with Crippen molar-refractivity contribution >= 4 is 33.5 Å². The first kappa shape index (κ1) is 14.8. The maximum Gasteiger partial charge on any atom is 0.415 e. The fourth-order valence-corrected chi connectivity index (χ4v) is 3.30. The van der Waals surface area contributed by atoms with Crippen LogP contribution in [0.4, 0.5) is 4.79 Å². The third-order valence-electron chi connectivity index (χ3n) is 3.38. The Kier molecular flexibility index (Phi) is 4.26. The van der Waals surface area contributed by atoms with Crippen LogP contribution in [0.1, 0.15) is 9.67 Å². The van der Waals surface area contributed by atoms with Crippen LogP contribution in [0.25, 0.3) is 10.1 Å². The summed E-state index contributed by atoms with van der Waals surface area (Å²) in [5.41, 5.74) is 0.